The van der Waals surface area contributed by atoms with Crippen LogP contribution in [0.15, 0.2) is 48.7 Å². The van der Waals surface area contributed by atoms with Crippen molar-refractivity contribution in [1.29, 1.82) is 0 Å². The number of carbonyl (C=O) groups excluding carboxylic acids is 1. The average Bonchev–Trinajstić information content (AvgIpc) is 2.41. The molecule has 0 unspecified atom stereocenters. The van der Waals surface area contributed by atoms with Gasteiger partial charge < -0.3 is 5.32 Å². The molecule has 0 aliphatic carbocycles. The molecular formula is C15H13ClN2O. The first-order valence-electron chi connectivity index (χ1n) is 5.81. The van der Waals surface area contributed by atoms with Crippen LogP contribution in [-0.4, -0.2) is 10.9 Å². The van der Waals surface area contributed by atoms with E-state index in [4.69, 9.17) is 11.6 Å². The molecule has 0 atom stereocenters. The van der Waals surface area contributed by atoms with Crippen LogP contribution in [0.5, 0.6) is 0 Å². The Morgan fingerprint density at radius 2 is 1.95 bits per heavy atom. The first-order chi connectivity index (χ1) is 9.13. The number of hydrogen-bond donors (Lipinski definition) is 1. The minimum atomic E-state index is -0.204. The standard InChI is InChI=1S/C15H13ClN2O/c1-11-2-4-12(5-3-11)6-9-15(19)18-13-7-8-14(16)17-10-13/h2-10H,1H3,(H,18,19)/b9-6+. The molecule has 2 rings (SSSR count). The van der Waals surface area contributed by atoms with Crippen molar-refractivity contribution in [3.05, 3.63) is 65.0 Å². The van der Waals surface area contributed by atoms with E-state index in [0.717, 1.165) is 5.56 Å². The molecule has 96 valence electrons. The third-order valence-corrected chi connectivity index (χ3v) is 2.72. The molecule has 4 heteroatoms. The summed E-state index contributed by atoms with van der Waals surface area (Å²) in [5.41, 5.74) is 2.78. The zero-order valence-electron chi connectivity index (χ0n) is 10.4. The van der Waals surface area contributed by atoms with Gasteiger partial charge in [-0.25, -0.2) is 4.98 Å². The Morgan fingerprint density at radius 3 is 2.58 bits per heavy atom. The number of benzene rings is 1. The van der Waals surface area contributed by atoms with E-state index in [0.29, 0.717) is 10.8 Å². The van der Waals surface area contributed by atoms with Gasteiger partial charge in [0, 0.05) is 6.08 Å². The van der Waals surface area contributed by atoms with E-state index in [-0.39, 0.29) is 5.91 Å². The van der Waals surface area contributed by atoms with Crippen LogP contribution < -0.4 is 5.32 Å². The van der Waals surface area contributed by atoms with Crippen LogP contribution in [0.1, 0.15) is 11.1 Å². The van der Waals surface area contributed by atoms with Crippen molar-refractivity contribution in [3.8, 4) is 0 Å². The number of carbonyl (C=O) groups is 1. The number of nitrogens with one attached hydrogen (secondary N) is 1. The molecule has 0 radical (unpaired) electrons. The van der Waals surface area contributed by atoms with E-state index in [1.807, 2.05) is 31.2 Å². The van der Waals surface area contributed by atoms with Crippen molar-refractivity contribution in [2.45, 2.75) is 6.92 Å². The fourth-order valence-electron chi connectivity index (χ4n) is 1.48. The molecule has 1 aromatic heterocycles. The fourth-order valence-corrected chi connectivity index (χ4v) is 1.59. The maximum absolute atomic E-state index is 11.7. The molecule has 0 saturated heterocycles. The molecule has 1 aromatic carbocycles. The van der Waals surface area contributed by atoms with Crippen LogP contribution >= 0.6 is 11.6 Å². The molecule has 19 heavy (non-hydrogen) atoms. The molecule has 0 aliphatic heterocycles. The van der Waals surface area contributed by atoms with Crippen molar-refractivity contribution in [3.63, 3.8) is 0 Å². The van der Waals surface area contributed by atoms with Gasteiger partial charge in [-0.05, 0) is 30.7 Å². The summed E-state index contributed by atoms with van der Waals surface area (Å²) in [7, 11) is 0. The highest BCUT2D eigenvalue weighted by Crippen LogP contribution is 2.10. The molecule has 0 aliphatic rings. The van der Waals surface area contributed by atoms with Crippen molar-refractivity contribution in [2.24, 2.45) is 0 Å². The highest BCUT2D eigenvalue weighted by molar-refractivity contribution is 6.29. The van der Waals surface area contributed by atoms with Gasteiger partial charge in [-0.3, -0.25) is 4.79 Å². The number of rotatable bonds is 3. The van der Waals surface area contributed by atoms with Gasteiger partial charge in [-0.1, -0.05) is 41.4 Å². The monoisotopic (exact) mass is 272 g/mol. The van der Waals surface area contributed by atoms with E-state index in [2.05, 4.69) is 10.3 Å². The minimum Gasteiger partial charge on any atom is -0.321 e. The van der Waals surface area contributed by atoms with Gasteiger partial charge in [0.25, 0.3) is 0 Å². The summed E-state index contributed by atoms with van der Waals surface area (Å²) in [6.07, 6.45) is 4.76. The van der Waals surface area contributed by atoms with E-state index in [1.165, 1.54) is 17.8 Å². The summed E-state index contributed by atoms with van der Waals surface area (Å²) < 4.78 is 0. The second-order valence-corrected chi connectivity index (χ2v) is 4.49. The van der Waals surface area contributed by atoms with Gasteiger partial charge in [-0.2, -0.15) is 0 Å². The quantitative estimate of drug-likeness (QED) is 0.684. The zero-order valence-corrected chi connectivity index (χ0v) is 11.2. The topological polar surface area (TPSA) is 42.0 Å². The van der Waals surface area contributed by atoms with Gasteiger partial charge >= 0.3 is 0 Å². The van der Waals surface area contributed by atoms with Crippen molar-refractivity contribution >= 4 is 29.3 Å². The number of anilines is 1. The smallest absolute Gasteiger partial charge is 0.248 e. The Bertz CT molecular complexity index is 589. The molecule has 3 nitrogen and oxygen atoms in total. The van der Waals surface area contributed by atoms with Crippen molar-refractivity contribution in [1.82, 2.24) is 4.98 Å². The van der Waals surface area contributed by atoms with Gasteiger partial charge in [0.1, 0.15) is 5.15 Å². The minimum absolute atomic E-state index is 0.204. The Morgan fingerprint density at radius 1 is 1.21 bits per heavy atom. The maximum atomic E-state index is 11.7. The largest absolute Gasteiger partial charge is 0.321 e. The number of nitrogens with zero attached hydrogens (tertiary/aromatic N) is 1. The molecule has 0 fully saturated rings. The van der Waals surface area contributed by atoms with Gasteiger partial charge in [-0.15, -0.1) is 0 Å². The summed E-state index contributed by atoms with van der Waals surface area (Å²) in [5, 5.41) is 3.10. The van der Waals surface area contributed by atoms with Crippen LogP contribution in [0.25, 0.3) is 6.08 Å². The fraction of sp³-hybridized carbons (Fsp3) is 0.0667. The first kappa shape index (κ1) is 13.3. The molecule has 1 amide bonds. The number of halogens is 1. The average molecular weight is 273 g/mol. The van der Waals surface area contributed by atoms with E-state index >= 15 is 0 Å². The zero-order chi connectivity index (χ0) is 13.7. The molecular weight excluding hydrogens is 260 g/mol. The summed E-state index contributed by atoms with van der Waals surface area (Å²) in [5.74, 6) is -0.204. The predicted molar refractivity (Wildman–Crippen MR) is 78.1 cm³/mol. The third kappa shape index (κ3) is 4.23. The maximum Gasteiger partial charge on any atom is 0.248 e. The van der Waals surface area contributed by atoms with Gasteiger partial charge in [0.05, 0.1) is 11.9 Å². The lowest BCUT2D eigenvalue weighted by Crippen LogP contribution is -2.07. The highest BCUT2D eigenvalue weighted by atomic mass is 35.5. The van der Waals surface area contributed by atoms with Crippen LogP contribution in [0, 0.1) is 6.92 Å². The number of pyridine rings is 1. The summed E-state index contributed by atoms with van der Waals surface area (Å²) in [6.45, 7) is 2.02. The predicted octanol–water partition coefficient (Wildman–Crippen LogP) is 3.70. The van der Waals surface area contributed by atoms with Gasteiger partial charge in [0.15, 0.2) is 0 Å². The Hall–Kier alpha value is -2.13. The van der Waals surface area contributed by atoms with Crippen LogP contribution in [0.3, 0.4) is 0 Å². The second kappa shape index (κ2) is 6.16. The molecule has 1 N–H and O–H groups in total. The van der Waals surface area contributed by atoms with Gasteiger partial charge in [0.2, 0.25) is 5.91 Å². The lowest BCUT2D eigenvalue weighted by atomic mass is 10.1. The number of amides is 1. The summed E-state index contributed by atoms with van der Waals surface area (Å²) in [4.78, 5) is 15.6. The van der Waals surface area contributed by atoms with E-state index in [1.54, 1.807) is 18.2 Å². The Labute approximate surface area is 116 Å². The van der Waals surface area contributed by atoms with E-state index in [9.17, 15) is 4.79 Å². The van der Waals surface area contributed by atoms with Crippen molar-refractivity contribution < 1.29 is 4.79 Å². The molecule has 0 saturated carbocycles. The Balaban J connectivity index is 1.97. The van der Waals surface area contributed by atoms with Crippen LogP contribution in [-0.2, 0) is 4.79 Å². The lowest BCUT2D eigenvalue weighted by Gasteiger charge is -2.01. The normalized spacial score (nSPS) is 10.6. The van der Waals surface area contributed by atoms with Crippen molar-refractivity contribution in [2.75, 3.05) is 5.32 Å². The second-order valence-electron chi connectivity index (χ2n) is 4.10. The Kier molecular flexibility index (Phi) is 4.31. The molecule has 0 bridgehead atoms. The first-order valence-corrected chi connectivity index (χ1v) is 6.18. The number of aryl methyl sites for hydroxylation is 1. The lowest BCUT2D eigenvalue weighted by molar-refractivity contribution is -0.111. The number of hydrogen-bond acceptors (Lipinski definition) is 2. The molecule has 2 aromatic rings. The SMILES string of the molecule is Cc1ccc(/C=C/C(=O)Nc2ccc(Cl)nc2)cc1. The van der Waals surface area contributed by atoms with E-state index < -0.39 is 0 Å². The van der Waals surface area contributed by atoms with Crippen LogP contribution in [0.4, 0.5) is 5.69 Å². The third-order valence-electron chi connectivity index (χ3n) is 2.50. The number of aromatic nitrogens is 1. The molecule has 0 spiro atoms. The van der Waals surface area contributed by atoms with Crippen LogP contribution in [0.2, 0.25) is 5.15 Å². The highest BCUT2D eigenvalue weighted by Gasteiger charge is 1.98. The summed E-state index contributed by atoms with van der Waals surface area (Å²) in [6, 6.07) is 11.3. The molecule has 1 heterocycles. The summed E-state index contributed by atoms with van der Waals surface area (Å²) >= 11 is 5.66.